The first-order valence-electron chi connectivity index (χ1n) is 9.79. The van der Waals surface area contributed by atoms with Crippen molar-refractivity contribution in [3.8, 4) is 0 Å². The summed E-state index contributed by atoms with van der Waals surface area (Å²) in [5, 5.41) is 1.77. The molecule has 3 heterocycles. The zero-order valence-corrected chi connectivity index (χ0v) is 17.0. The molecule has 1 fully saturated rings. The molecule has 148 valence electrons. The standard InChI is InChI=1S/C23H22ClN3O2/c1-25-14-16(18-4-2-3-5-21(18)25)12-20-19-7-6-17(24)13-22(19)27(23(20)28)15-26-8-10-29-11-9-26/h2-7,12-14H,8-11,15H2,1H3. The maximum absolute atomic E-state index is 13.4. The number of fused-ring (bicyclic) bond motifs is 2. The lowest BCUT2D eigenvalue weighted by Crippen LogP contribution is -2.45. The van der Waals surface area contributed by atoms with Crippen LogP contribution < -0.4 is 4.90 Å². The number of rotatable bonds is 3. The van der Waals surface area contributed by atoms with Crippen molar-refractivity contribution >= 4 is 45.7 Å². The fraction of sp³-hybridized carbons (Fsp3) is 0.261. The third kappa shape index (κ3) is 3.25. The summed E-state index contributed by atoms with van der Waals surface area (Å²) in [4.78, 5) is 17.5. The molecule has 5 nitrogen and oxygen atoms in total. The van der Waals surface area contributed by atoms with Crippen LogP contribution in [0, 0.1) is 0 Å². The van der Waals surface area contributed by atoms with Crippen LogP contribution in [0.4, 0.5) is 5.69 Å². The van der Waals surface area contributed by atoms with E-state index in [-0.39, 0.29) is 5.91 Å². The second-order valence-electron chi connectivity index (χ2n) is 7.54. The highest BCUT2D eigenvalue weighted by molar-refractivity contribution is 6.37. The molecule has 6 heteroatoms. The van der Waals surface area contributed by atoms with Crippen molar-refractivity contribution in [2.24, 2.45) is 7.05 Å². The molecule has 5 rings (SSSR count). The molecule has 0 atom stereocenters. The van der Waals surface area contributed by atoms with Crippen LogP contribution in [0.5, 0.6) is 0 Å². The number of nitrogens with zero attached hydrogens (tertiary/aromatic N) is 3. The fourth-order valence-corrected chi connectivity index (χ4v) is 4.36. The van der Waals surface area contributed by atoms with Crippen LogP contribution in [0.15, 0.2) is 48.7 Å². The Morgan fingerprint density at radius 3 is 2.76 bits per heavy atom. The average molecular weight is 408 g/mol. The van der Waals surface area contributed by atoms with Crippen LogP contribution in [-0.2, 0) is 16.6 Å². The number of aryl methyl sites for hydroxylation is 1. The van der Waals surface area contributed by atoms with Crippen LogP contribution in [0.1, 0.15) is 11.1 Å². The number of amides is 1. The molecule has 1 amide bonds. The molecule has 0 saturated carbocycles. The second-order valence-corrected chi connectivity index (χ2v) is 7.97. The van der Waals surface area contributed by atoms with Gasteiger partial charge in [0.1, 0.15) is 0 Å². The first-order chi connectivity index (χ1) is 14.1. The molecule has 0 unspecified atom stereocenters. The van der Waals surface area contributed by atoms with E-state index in [4.69, 9.17) is 16.3 Å². The molecule has 2 aliphatic rings. The highest BCUT2D eigenvalue weighted by atomic mass is 35.5. The number of carbonyl (C=O) groups excluding carboxylic acids is 1. The summed E-state index contributed by atoms with van der Waals surface area (Å²) in [7, 11) is 2.03. The van der Waals surface area contributed by atoms with E-state index in [1.807, 2.05) is 48.4 Å². The smallest absolute Gasteiger partial charge is 0.260 e. The Morgan fingerprint density at radius 2 is 1.93 bits per heavy atom. The molecule has 0 N–H and O–H groups in total. The van der Waals surface area contributed by atoms with E-state index < -0.39 is 0 Å². The average Bonchev–Trinajstić information content (AvgIpc) is 3.18. The van der Waals surface area contributed by atoms with Gasteiger partial charge in [0.2, 0.25) is 0 Å². The minimum atomic E-state index is 0.0155. The van der Waals surface area contributed by atoms with Crippen LogP contribution >= 0.6 is 11.6 Å². The number of anilines is 1. The molecule has 0 bridgehead atoms. The number of hydrogen-bond donors (Lipinski definition) is 0. The van der Waals surface area contributed by atoms with Crippen LogP contribution in [-0.4, -0.2) is 48.3 Å². The van der Waals surface area contributed by atoms with Gasteiger partial charge < -0.3 is 9.30 Å². The van der Waals surface area contributed by atoms with E-state index >= 15 is 0 Å². The van der Waals surface area contributed by atoms with Crippen molar-refractivity contribution in [3.63, 3.8) is 0 Å². The molecule has 29 heavy (non-hydrogen) atoms. The molecule has 2 aromatic carbocycles. The van der Waals surface area contributed by atoms with Crippen LogP contribution in [0.3, 0.4) is 0 Å². The molecule has 0 spiro atoms. The Morgan fingerprint density at radius 1 is 1.14 bits per heavy atom. The molecule has 1 saturated heterocycles. The maximum atomic E-state index is 13.4. The van der Waals surface area contributed by atoms with Crippen molar-refractivity contribution in [3.05, 3.63) is 64.8 Å². The van der Waals surface area contributed by atoms with Gasteiger partial charge in [-0.3, -0.25) is 14.6 Å². The number of aromatic nitrogens is 1. The molecular formula is C23H22ClN3O2. The van der Waals surface area contributed by atoms with Gasteiger partial charge in [-0.2, -0.15) is 0 Å². The number of carbonyl (C=O) groups is 1. The number of morpholine rings is 1. The van der Waals surface area contributed by atoms with Gasteiger partial charge in [0.15, 0.2) is 0 Å². The van der Waals surface area contributed by atoms with Crippen molar-refractivity contribution < 1.29 is 9.53 Å². The third-order valence-corrected chi connectivity index (χ3v) is 5.92. The highest BCUT2D eigenvalue weighted by Crippen LogP contribution is 2.40. The largest absolute Gasteiger partial charge is 0.379 e. The summed E-state index contributed by atoms with van der Waals surface area (Å²) >= 11 is 6.27. The van der Waals surface area contributed by atoms with Gasteiger partial charge in [0.05, 0.1) is 25.6 Å². The van der Waals surface area contributed by atoms with E-state index in [1.54, 1.807) is 0 Å². The zero-order chi connectivity index (χ0) is 20.0. The first kappa shape index (κ1) is 18.4. The van der Waals surface area contributed by atoms with Crippen molar-refractivity contribution in [2.75, 3.05) is 37.9 Å². The quantitative estimate of drug-likeness (QED) is 0.616. The summed E-state index contributed by atoms with van der Waals surface area (Å²) < 4.78 is 7.54. The Kier molecular flexibility index (Phi) is 4.66. The van der Waals surface area contributed by atoms with Gasteiger partial charge in [-0.1, -0.05) is 35.9 Å². The topological polar surface area (TPSA) is 37.7 Å². The molecule has 0 radical (unpaired) electrons. The molecule has 1 aromatic heterocycles. The molecule has 3 aromatic rings. The monoisotopic (exact) mass is 407 g/mol. The summed E-state index contributed by atoms with van der Waals surface area (Å²) in [6.45, 7) is 3.58. The molecular weight excluding hydrogens is 386 g/mol. The number of para-hydroxylation sites is 1. The normalized spacial score (nSPS) is 18.8. The third-order valence-electron chi connectivity index (χ3n) is 5.69. The lowest BCUT2D eigenvalue weighted by Gasteiger charge is -2.30. The number of ether oxygens (including phenoxy) is 1. The van der Waals surface area contributed by atoms with Crippen molar-refractivity contribution in [1.29, 1.82) is 0 Å². The Bertz CT molecular complexity index is 1130. The summed E-state index contributed by atoms with van der Waals surface area (Å²) in [5.74, 6) is 0.0155. The predicted octanol–water partition coefficient (Wildman–Crippen LogP) is 4.01. The van der Waals surface area contributed by atoms with E-state index in [0.717, 1.165) is 40.8 Å². The maximum Gasteiger partial charge on any atom is 0.260 e. The second kappa shape index (κ2) is 7.34. The van der Waals surface area contributed by atoms with Gasteiger partial charge in [0, 0.05) is 59.0 Å². The Hall–Kier alpha value is -2.60. The van der Waals surface area contributed by atoms with E-state index in [0.29, 0.717) is 30.5 Å². The van der Waals surface area contributed by atoms with Gasteiger partial charge in [-0.25, -0.2) is 0 Å². The van der Waals surface area contributed by atoms with E-state index in [2.05, 4.69) is 27.8 Å². The zero-order valence-electron chi connectivity index (χ0n) is 16.3. The minimum Gasteiger partial charge on any atom is -0.379 e. The van der Waals surface area contributed by atoms with Gasteiger partial charge in [-0.05, 0) is 24.3 Å². The van der Waals surface area contributed by atoms with Crippen molar-refractivity contribution in [1.82, 2.24) is 9.47 Å². The minimum absolute atomic E-state index is 0.0155. The SMILES string of the molecule is Cn1cc(C=C2C(=O)N(CN3CCOCC3)c3cc(Cl)ccc32)c2ccccc21. The van der Waals surface area contributed by atoms with Crippen LogP contribution in [0.2, 0.25) is 5.02 Å². The fourth-order valence-electron chi connectivity index (χ4n) is 4.19. The summed E-state index contributed by atoms with van der Waals surface area (Å²) in [5.41, 5.74) is 4.70. The number of benzene rings is 2. The summed E-state index contributed by atoms with van der Waals surface area (Å²) in [6, 6.07) is 13.9. The predicted molar refractivity (Wildman–Crippen MR) is 117 cm³/mol. The molecule has 2 aliphatic heterocycles. The van der Waals surface area contributed by atoms with Gasteiger partial charge in [0.25, 0.3) is 5.91 Å². The summed E-state index contributed by atoms with van der Waals surface area (Å²) in [6.07, 6.45) is 4.09. The molecule has 0 aliphatic carbocycles. The van der Waals surface area contributed by atoms with Crippen molar-refractivity contribution in [2.45, 2.75) is 0 Å². The highest BCUT2D eigenvalue weighted by Gasteiger charge is 2.34. The Labute approximate surface area is 174 Å². The van der Waals surface area contributed by atoms with E-state index in [9.17, 15) is 4.79 Å². The van der Waals surface area contributed by atoms with Gasteiger partial charge >= 0.3 is 0 Å². The first-order valence-corrected chi connectivity index (χ1v) is 10.2. The van der Waals surface area contributed by atoms with Gasteiger partial charge in [-0.15, -0.1) is 0 Å². The lowest BCUT2D eigenvalue weighted by atomic mass is 10.0. The van der Waals surface area contributed by atoms with E-state index in [1.165, 1.54) is 0 Å². The number of hydrogen-bond acceptors (Lipinski definition) is 3. The number of halogens is 1. The lowest BCUT2D eigenvalue weighted by molar-refractivity contribution is -0.113. The Balaban J connectivity index is 1.58. The van der Waals surface area contributed by atoms with Crippen LogP contribution in [0.25, 0.3) is 22.6 Å².